The Labute approximate surface area is 189 Å². The molecule has 3 heterocycles. The maximum Gasteiger partial charge on any atom is 0.234 e. The summed E-state index contributed by atoms with van der Waals surface area (Å²) in [5.41, 5.74) is 6.06. The van der Waals surface area contributed by atoms with Crippen LogP contribution in [0.4, 0.5) is 5.69 Å². The quantitative estimate of drug-likeness (QED) is 0.342. The predicted octanol–water partition coefficient (Wildman–Crippen LogP) is 5.02. The molecule has 31 heavy (non-hydrogen) atoms. The third-order valence-corrected chi connectivity index (χ3v) is 7.83. The first-order valence-corrected chi connectivity index (χ1v) is 12.1. The first-order chi connectivity index (χ1) is 15.0. The van der Waals surface area contributed by atoms with Crippen LogP contribution in [0, 0.1) is 20.8 Å². The molecule has 1 aliphatic carbocycles. The SMILES string of the molecule is Cc1ccc(-n2nc(C)c(NC(=O)CSc3ncnc4sc5c(c34)CCC5)c2C)cc1. The number of anilines is 1. The normalized spacial score (nSPS) is 13.0. The summed E-state index contributed by atoms with van der Waals surface area (Å²) in [4.78, 5) is 24.2. The zero-order valence-electron chi connectivity index (χ0n) is 17.7. The molecule has 8 heteroatoms. The molecule has 6 nitrogen and oxygen atoms in total. The van der Waals surface area contributed by atoms with E-state index in [1.807, 2.05) is 30.7 Å². The highest BCUT2D eigenvalue weighted by Crippen LogP contribution is 2.40. The standard InChI is InChI=1S/C23H23N5OS2/c1-13-7-9-16(10-8-13)28-15(3)21(14(2)27-28)26-19(29)11-30-22-20-17-5-4-6-18(17)31-23(20)25-12-24-22/h7-10,12H,4-6,11H2,1-3H3,(H,26,29). The summed E-state index contributed by atoms with van der Waals surface area (Å²) in [6.07, 6.45) is 5.01. The number of carbonyl (C=O) groups excluding carboxylic acids is 1. The maximum absolute atomic E-state index is 12.8. The van der Waals surface area contributed by atoms with Gasteiger partial charge in [0.2, 0.25) is 5.91 Å². The zero-order valence-corrected chi connectivity index (χ0v) is 19.4. The van der Waals surface area contributed by atoms with Gasteiger partial charge in [-0.15, -0.1) is 11.3 Å². The molecule has 0 radical (unpaired) electrons. The fraction of sp³-hybridized carbons (Fsp3) is 0.304. The second kappa shape index (κ2) is 8.09. The number of amides is 1. The first kappa shape index (κ1) is 20.2. The lowest BCUT2D eigenvalue weighted by atomic mass is 10.2. The average Bonchev–Trinajstić information content (AvgIpc) is 3.42. The molecule has 3 aromatic heterocycles. The van der Waals surface area contributed by atoms with E-state index >= 15 is 0 Å². The molecule has 0 aliphatic heterocycles. The van der Waals surface area contributed by atoms with Crippen molar-refractivity contribution < 1.29 is 4.79 Å². The van der Waals surface area contributed by atoms with Gasteiger partial charge in [0.1, 0.15) is 16.2 Å². The molecule has 0 saturated carbocycles. The predicted molar refractivity (Wildman–Crippen MR) is 127 cm³/mol. The summed E-state index contributed by atoms with van der Waals surface area (Å²) in [5, 5.41) is 9.75. The Balaban J connectivity index is 1.33. The van der Waals surface area contributed by atoms with Crippen LogP contribution in [0.25, 0.3) is 15.9 Å². The molecule has 0 saturated heterocycles. The van der Waals surface area contributed by atoms with Crippen molar-refractivity contribution in [2.24, 2.45) is 0 Å². The van der Waals surface area contributed by atoms with E-state index in [1.54, 1.807) is 17.7 Å². The number of nitrogens with one attached hydrogen (secondary N) is 1. The molecule has 0 fully saturated rings. The molecule has 0 unspecified atom stereocenters. The summed E-state index contributed by atoms with van der Waals surface area (Å²) < 4.78 is 1.88. The van der Waals surface area contributed by atoms with Gasteiger partial charge in [0.15, 0.2) is 0 Å². The third-order valence-electron chi connectivity index (χ3n) is 5.64. The monoisotopic (exact) mass is 449 g/mol. The van der Waals surface area contributed by atoms with Gasteiger partial charge in [-0.3, -0.25) is 4.79 Å². The Kier molecular flexibility index (Phi) is 5.27. The molecular formula is C23H23N5OS2. The van der Waals surface area contributed by atoms with Crippen LogP contribution in [0.5, 0.6) is 0 Å². The Morgan fingerprint density at radius 1 is 1.16 bits per heavy atom. The second-order valence-electron chi connectivity index (χ2n) is 7.85. The van der Waals surface area contributed by atoms with E-state index in [0.717, 1.165) is 50.8 Å². The second-order valence-corrected chi connectivity index (χ2v) is 9.89. The van der Waals surface area contributed by atoms with Gasteiger partial charge in [-0.1, -0.05) is 29.5 Å². The van der Waals surface area contributed by atoms with E-state index < -0.39 is 0 Å². The van der Waals surface area contributed by atoms with Crippen LogP contribution in [0.3, 0.4) is 0 Å². The highest BCUT2D eigenvalue weighted by atomic mass is 32.2. The van der Waals surface area contributed by atoms with Crippen molar-refractivity contribution in [3.63, 3.8) is 0 Å². The Morgan fingerprint density at radius 3 is 2.77 bits per heavy atom. The minimum Gasteiger partial charge on any atom is -0.322 e. The van der Waals surface area contributed by atoms with Crippen LogP contribution in [-0.2, 0) is 17.6 Å². The van der Waals surface area contributed by atoms with Gasteiger partial charge in [0.05, 0.1) is 28.5 Å². The Bertz CT molecular complexity index is 1290. The molecule has 1 N–H and O–H groups in total. The van der Waals surface area contributed by atoms with Crippen LogP contribution in [-0.4, -0.2) is 31.4 Å². The van der Waals surface area contributed by atoms with E-state index in [1.165, 1.54) is 34.2 Å². The number of benzene rings is 1. The molecule has 0 atom stereocenters. The Hall–Kier alpha value is -2.71. The molecule has 4 aromatic rings. The number of hydrogen-bond donors (Lipinski definition) is 1. The minimum atomic E-state index is -0.0571. The number of nitrogens with zero attached hydrogens (tertiary/aromatic N) is 4. The topological polar surface area (TPSA) is 72.7 Å². The number of thioether (sulfide) groups is 1. The summed E-state index contributed by atoms with van der Waals surface area (Å²) in [5.74, 6) is 0.240. The minimum absolute atomic E-state index is 0.0571. The van der Waals surface area contributed by atoms with Gasteiger partial charge >= 0.3 is 0 Å². The highest BCUT2D eigenvalue weighted by Gasteiger charge is 2.22. The molecule has 0 bridgehead atoms. The van der Waals surface area contributed by atoms with Crippen LogP contribution in [0.1, 0.15) is 33.8 Å². The Morgan fingerprint density at radius 2 is 1.97 bits per heavy atom. The van der Waals surface area contributed by atoms with Crippen molar-refractivity contribution in [2.45, 2.75) is 45.1 Å². The lowest BCUT2D eigenvalue weighted by Gasteiger charge is -2.08. The number of aromatic nitrogens is 4. The van der Waals surface area contributed by atoms with Crippen molar-refractivity contribution in [1.29, 1.82) is 0 Å². The van der Waals surface area contributed by atoms with Gasteiger partial charge in [-0.2, -0.15) is 5.10 Å². The highest BCUT2D eigenvalue weighted by molar-refractivity contribution is 8.00. The number of rotatable bonds is 5. The smallest absolute Gasteiger partial charge is 0.234 e. The summed E-state index contributed by atoms with van der Waals surface area (Å²) in [7, 11) is 0. The van der Waals surface area contributed by atoms with E-state index in [2.05, 4.69) is 39.4 Å². The van der Waals surface area contributed by atoms with Gasteiger partial charge in [0.25, 0.3) is 0 Å². The van der Waals surface area contributed by atoms with Gasteiger partial charge < -0.3 is 5.32 Å². The van der Waals surface area contributed by atoms with E-state index in [9.17, 15) is 4.79 Å². The summed E-state index contributed by atoms with van der Waals surface area (Å²) >= 11 is 3.25. The number of fused-ring (bicyclic) bond motifs is 3. The van der Waals surface area contributed by atoms with Crippen molar-refractivity contribution >= 4 is 44.9 Å². The molecule has 0 spiro atoms. The lowest BCUT2D eigenvalue weighted by molar-refractivity contribution is -0.113. The van der Waals surface area contributed by atoms with E-state index in [-0.39, 0.29) is 5.91 Å². The number of aryl methyl sites for hydroxylation is 4. The summed E-state index contributed by atoms with van der Waals surface area (Å²) in [6.45, 7) is 5.96. The molecule has 5 rings (SSSR count). The van der Waals surface area contributed by atoms with Crippen molar-refractivity contribution in [3.8, 4) is 5.69 Å². The molecular weight excluding hydrogens is 426 g/mol. The molecule has 158 valence electrons. The van der Waals surface area contributed by atoms with Crippen LogP contribution < -0.4 is 5.32 Å². The van der Waals surface area contributed by atoms with Crippen molar-refractivity contribution in [3.05, 3.63) is 58.0 Å². The molecule has 1 aliphatic rings. The largest absolute Gasteiger partial charge is 0.322 e. The fourth-order valence-corrected chi connectivity index (χ4v) is 6.20. The average molecular weight is 450 g/mol. The first-order valence-electron chi connectivity index (χ1n) is 10.3. The van der Waals surface area contributed by atoms with Gasteiger partial charge in [-0.25, -0.2) is 14.6 Å². The fourth-order valence-electron chi connectivity index (χ4n) is 4.08. The maximum atomic E-state index is 12.8. The van der Waals surface area contributed by atoms with Crippen LogP contribution >= 0.6 is 23.1 Å². The van der Waals surface area contributed by atoms with Crippen molar-refractivity contribution in [1.82, 2.24) is 19.7 Å². The van der Waals surface area contributed by atoms with Crippen LogP contribution in [0.15, 0.2) is 35.6 Å². The van der Waals surface area contributed by atoms with E-state index in [4.69, 9.17) is 0 Å². The molecule has 1 aromatic carbocycles. The number of carbonyl (C=O) groups is 1. The van der Waals surface area contributed by atoms with Gasteiger partial charge in [-0.05, 0) is 57.7 Å². The van der Waals surface area contributed by atoms with Crippen molar-refractivity contribution in [2.75, 3.05) is 11.1 Å². The zero-order chi connectivity index (χ0) is 21.5. The number of thiophene rings is 1. The van der Waals surface area contributed by atoms with E-state index in [0.29, 0.717) is 5.75 Å². The lowest BCUT2D eigenvalue weighted by Crippen LogP contribution is -2.15. The third kappa shape index (κ3) is 3.74. The summed E-state index contributed by atoms with van der Waals surface area (Å²) in [6, 6.07) is 8.19. The van der Waals surface area contributed by atoms with Gasteiger partial charge in [0, 0.05) is 10.3 Å². The number of hydrogen-bond acceptors (Lipinski definition) is 6. The van der Waals surface area contributed by atoms with Crippen LogP contribution in [0.2, 0.25) is 0 Å². The molecule has 1 amide bonds.